The van der Waals surface area contributed by atoms with Crippen LogP contribution >= 0.6 is 0 Å². The van der Waals surface area contributed by atoms with Gasteiger partial charge in [-0.25, -0.2) is 8.42 Å². The molecule has 8 nitrogen and oxygen atoms in total. The average Bonchev–Trinajstić information content (AvgIpc) is 2.66. The van der Waals surface area contributed by atoms with Crippen LogP contribution in [0, 0.1) is 5.92 Å². The predicted molar refractivity (Wildman–Crippen MR) is 111 cm³/mol. The lowest BCUT2D eigenvalue weighted by atomic mass is 10.1. The van der Waals surface area contributed by atoms with Crippen LogP contribution < -0.4 is 19.5 Å². The zero-order valence-corrected chi connectivity index (χ0v) is 18.3. The van der Waals surface area contributed by atoms with Crippen LogP contribution in [0.25, 0.3) is 0 Å². The van der Waals surface area contributed by atoms with E-state index in [2.05, 4.69) is 14.8 Å². The van der Waals surface area contributed by atoms with E-state index in [0.717, 1.165) is 12.1 Å². The molecule has 0 spiro atoms. The number of rotatable bonds is 9. The Morgan fingerprint density at radius 1 is 1.12 bits per heavy atom. The fourth-order valence-electron chi connectivity index (χ4n) is 2.56. The Balaban J connectivity index is 2.31. The SMILES string of the molecule is CCOc1cc(NC(=O)[C@@H](O)C(C)C)ccc1S(=O)(=O)Nc1cccc(OC(F)(F)F)c1. The largest absolute Gasteiger partial charge is 0.573 e. The minimum atomic E-state index is -4.93. The summed E-state index contributed by atoms with van der Waals surface area (Å²) >= 11 is 0. The highest BCUT2D eigenvalue weighted by molar-refractivity contribution is 7.92. The molecule has 2 aromatic rings. The highest BCUT2D eigenvalue weighted by Gasteiger charge is 2.31. The fourth-order valence-corrected chi connectivity index (χ4v) is 3.74. The molecule has 12 heteroatoms. The number of aliphatic hydroxyl groups is 1. The number of carbonyl (C=O) groups excluding carboxylic acids is 1. The van der Waals surface area contributed by atoms with Gasteiger partial charge in [-0.2, -0.15) is 0 Å². The molecular weight excluding hydrogens is 453 g/mol. The highest BCUT2D eigenvalue weighted by Crippen LogP contribution is 2.31. The molecule has 0 aliphatic heterocycles. The Kier molecular flexibility index (Phi) is 7.97. The molecule has 0 saturated heterocycles. The van der Waals surface area contributed by atoms with E-state index in [9.17, 15) is 31.5 Å². The van der Waals surface area contributed by atoms with E-state index in [-0.39, 0.29) is 34.5 Å². The maximum absolute atomic E-state index is 12.8. The number of nitrogens with one attached hydrogen (secondary N) is 2. The van der Waals surface area contributed by atoms with Gasteiger partial charge >= 0.3 is 6.36 Å². The summed E-state index contributed by atoms with van der Waals surface area (Å²) in [6.45, 7) is 5.04. The maximum Gasteiger partial charge on any atom is 0.573 e. The Hall–Kier alpha value is -2.99. The molecule has 0 bridgehead atoms. The molecule has 176 valence electrons. The topological polar surface area (TPSA) is 114 Å². The Morgan fingerprint density at radius 3 is 2.41 bits per heavy atom. The van der Waals surface area contributed by atoms with E-state index < -0.39 is 34.1 Å². The molecule has 0 aliphatic rings. The van der Waals surface area contributed by atoms with Crippen molar-refractivity contribution in [2.24, 2.45) is 5.92 Å². The predicted octanol–water partition coefficient (Wildman–Crippen LogP) is 3.74. The molecule has 0 aromatic heterocycles. The summed E-state index contributed by atoms with van der Waals surface area (Å²) in [7, 11) is -4.28. The first-order valence-corrected chi connectivity index (χ1v) is 10.9. The minimum absolute atomic E-state index is 0.0977. The van der Waals surface area contributed by atoms with Crippen LogP contribution in [0.2, 0.25) is 0 Å². The molecule has 2 aromatic carbocycles. The number of amides is 1. The van der Waals surface area contributed by atoms with E-state index in [4.69, 9.17) is 4.74 Å². The van der Waals surface area contributed by atoms with E-state index in [1.807, 2.05) is 0 Å². The van der Waals surface area contributed by atoms with Crippen LogP contribution in [0.15, 0.2) is 47.4 Å². The Morgan fingerprint density at radius 2 is 1.81 bits per heavy atom. The number of aliphatic hydroxyl groups excluding tert-OH is 1. The van der Waals surface area contributed by atoms with Gasteiger partial charge in [0.05, 0.1) is 12.3 Å². The lowest BCUT2D eigenvalue weighted by Gasteiger charge is -2.17. The molecule has 0 unspecified atom stereocenters. The van der Waals surface area contributed by atoms with Crippen LogP contribution in [-0.4, -0.2) is 38.5 Å². The van der Waals surface area contributed by atoms with Gasteiger partial charge in [-0.1, -0.05) is 19.9 Å². The average molecular weight is 476 g/mol. The molecule has 0 fully saturated rings. The monoisotopic (exact) mass is 476 g/mol. The zero-order chi connectivity index (χ0) is 24.1. The van der Waals surface area contributed by atoms with Gasteiger partial charge in [0.25, 0.3) is 15.9 Å². The summed E-state index contributed by atoms with van der Waals surface area (Å²) in [6.07, 6.45) is -6.19. The van der Waals surface area contributed by atoms with Crippen LogP contribution in [0.4, 0.5) is 24.5 Å². The number of sulfonamides is 1. The number of alkyl halides is 3. The summed E-state index contributed by atoms with van der Waals surface area (Å²) in [6, 6.07) is 8.09. The molecule has 1 atom stereocenters. The number of carbonyl (C=O) groups is 1. The van der Waals surface area contributed by atoms with Crippen molar-refractivity contribution in [3.8, 4) is 11.5 Å². The summed E-state index contributed by atoms with van der Waals surface area (Å²) < 4.78 is 74.3. The molecule has 0 heterocycles. The molecule has 0 radical (unpaired) electrons. The number of hydrogen-bond acceptors (Lipinski definition) is 6. The van der Waals surface area contributed by atoms with Crippen molar-refractivity contribution in [2.45, 2.75) is 38.1 Å². The minimum Gasteiger partial charge on any atom is -0.492 e. The third-order valence-corrected chi connectivity index (χ3v) is 5.44. The van der Waals surface area contributed by atoms with Crippen molar-refractivity contribution in [1.29, 1.82) is 0 Å². The maximum atomic E-state index is 12.8. The van der Waals surface area contributed by atoms with Gasteiger partial charge in [0.15, 0.2) is 0 Å². The lowest BCUT2D eigenvalue weighted by molar-refractivity contribution is -0.274. The second kappa shape index (κ2) is 10.1. The molecule has 1 amide bonds. The first kappa shape index (κ1) is 25.3. The van der Waals surface area contributed by atoms with Crippen molar-refractivity contribution in [1.82, 2.24) is 0 Å². The standard InChI is InChI=1S/C20H23F3N2O6S/c1-4-30-16-11-13(24-19(27)18(26)12(2)3)8-9-17(16)32(28,29)25-14-6-5-7-15(10-14)31-20(21,22)23/h5-12,18,25-26H,4H2,1-3H3,(H,24,27)/t18-/m0/s1. The van der Waals surface area contributed by atoms with Gasteiger partial charge < -0.3 is 19.9 Å². The van der Waals surface area contributed by atoms with E-state index in [1.54, 1.807) is 20.8 Å². The van der Waals surface area contributed by atoms with Crippen LogP contribution in [0.5, 0.6) is 11.5 Å². The molecular formula is C20H23F3N2O6S. The first-order valence-electron chi connectivity index (χ1n) is 9.47. The van der Waals surface area contributed by atoms with Crippen molar-refractivity contribution in [3.05, 3.63) is 42.5 Å². The third-order valence-electron chi connectivity index (χ3n) is 4.02. The molecule has 0 saturated carbocycles. The van der Waals surface area contributed by atoms with Gasteiger partial charge in [0.2, 0.25) is 0 Å². The fraction of sp³-hybridized carbons (Fsp3) is 0.350. The number of hydrogen-bond donors (Lipinski definition) is 3. The van der Waals surface area contributed by atoms with Crippen molar-refractivity contribution in [3.63, 3.8) is 0 Å². The third kappa shape index (κ3) is 7.02. The number of benzene rings is 2. The number of anilines is 2. The molecule has 2 rings (SSSR count). The second-order valence-corrected chi connectivity index (χ2v) is 8.60. The van der Waals surface area contributed by atoms with Crippen LogP contribution in [-0.2, 0) is 14.8 Å². The zero-order valence-electron chi connectivity index (χ0n) is 17.4. The van der Waals surface area contributed by atoms with Gasteiger partial charge in [-0.3, -0.25) is 9.52 Å². The molecule has 3 N–H and O–H groups in total. The van der Waals surface area contributed by atoms with Gasteiger partial charge in [-0.05, 0) is 37.1 Å². The summed E-state index contributed by atoms with van der Waals surface area (Å²) in [5.41, 5.74) is 0.0318. The van der Waals surface area contributed by atoms with Gasteiger partial charge in [0, 0.05) is 17.8 Å². The van der Waals surface area contributed by atoms with Gasteiger partial charge in [-0.15, -0.1) is 13.2 Å². The van der Waals surface area contributed by atoms with Gasteiger partial charge in [0.1, 0.15) is 22.5 Å². The second-order valence-electron chi connectivity index (χ2n) is 6.95. The quantitative estimate of drug-likeness (QED) is 0.508. The summed E-state index contributed by atoms with van der Waals surface area (Å²) in [5, 5.41) is 12.3. The van der Waals surface area contributed by atoms with E-state index >= 15 is 0 Å². The Bertz CT molecular complexity index is 1060. The van der Waals surface area contributed by atoms with Crippen molar-refractivity contribution < 1.29 is 41.0 Å². The highest BCUT2D eigenvalue weighted by atomic mass is 32.2. The van der Waals surface area contributed by atoms with Crippen molar-refractivity contribution >= 4 is 27.3 Å². The van der Waals surface area contributed by atoms with Crippen LogP contribution in [0.1, 0.15) is 20.8 Å². The number of halogens is 3. The number of ether oxygens (including phenoxy) is 2. The smallest absolute Gasteiger partial charge is 0.492 e. The van der Waals surface area contributed by atoms with E-state index in [0.29, 0.717) is 0 Å². The lowest BCUT2D eigenvalue weighted by Crippen LogP contribution is -2.31. The normalized spacial score (nSPS) is 12.9. The van der Waals surface area contributed by atoms with Crippen LogP contribution in [0.3, 0.4) is 0 Å². The molecule has 0 aliphatic carbocycles. The first-order chi connectivity index (χ1) is 14.8. The summed E-state index contributed by atoms with van der Waals surface area (Å²) in [4.78, 5) is 11.8. The summed E-state index contributed by atoms with van der Waals surface area (Å²) in [5.74, 6) is -1.69. The van der Waals surface area contributed by atoms with Crippen molar-refractivity contribution in [2.75, 3.05) is 16.6 Å². The molecule has 32 heavy (non-hydrogen) atoms. The van der Waals surface area contributed by atoms with E-state index in [1.165, 1.54) is 30.3 Å². The Labute approximate surface area is 183 Å².